The van der Waals surface area contributed by atoms with Gasteiger partial charge < -0.3 is 5.32 Å². The Morgan fingerprint density at radius 1 is 0.944 bits per heavy atom. The van der Waals surface area contributed by atoms with E-state index in [1.165, 1.54) is 6.07 Å². The maximum absolute atomic E-state index is 13.4. The summed E-state index contributed by atoms with van der Waals surface area (Å²) in [5.74, 6) is -1.76. The third-order valence-electron chi connectivity index (χ3n) is 5.41. The van der Waals surface area contributed by atoms with Crippen molar-refractivity contribution >= 4 is 46.9 Å². The van der Waals surface area contributed by atoms with E-state index in [9.17, 15) is 19.7 Å². The minimum Gasteiger partial charge on any atom is -0.343 e. The lowest BCUT2D eigenvalue weighted by atomic mass is 9.89. The number of non-ortho nitro benzene ring substituents is 1. The molecule has 0 aromatic heterocycles. The average molecular weight is 527 g/mol. The van der Waals surface area contributed by atoms with Crippen molar-refractivity contribution in [2.24, 2.45) is 11.0 Å². The standard InChI is InChI=1S/C26H24Cl2N4O4/c1-16(2)24(26(34)31-29-15-19-13-20(32(35)36)14-21(27)23(19)28)30-25(33)22(17-9-5-3-6-10-17)18-11-7-4-8-12-18/h3-16,22,24H,1-2H3,(H,30,33)(H,31,34)/b29-15-/t24-/m1/s1. The Morgan fingerprint density at radius 3 is 2.00 bits per heavy atom. The van der Waals surface area contributed by atoms with Crippen LogP contribution in [0.3, 0.4) is 0 Å². The predicted molar refractivity (Wildman–Crippen MR) is 140 cm³/mol. The van der Waals surface area contributed by atoms with Crippen LogP contribution in [0.1, 0.15) is 36.5 Å². The van der Waals surface area contributed by atoms with Crippen LogP contribution in [0.2, 0.25) is 10.0 Å². The molecule has 2 N–H and O–H groups in total. The molecule has 3 rings (SSSR count). The lowest BCUT2D eigenvalue weighted by Crippen LogP contribution is -2.50. The van der Waals surface area contributed by atoms with Crippen molar-refractivity contribution in [3.8, 4) is 0 Å². The van der Waals surface area contributed by atoms with Gasteiger partial charge in [0.25, 0.3) is 11.6 Å². The second kappa shape index (κ2) is 12.3. The molecule has 0 unspecified atom stereocenters. The van der Waals surface area contributed by atoms with Crippen LogP contribution < -0.4 is 10.7 Å². The molecular weight excluding hydrogens is 503 g/mol. The normalized spacial score (nSPS) is 12.1. The number of amides is 2. The Morgan fingerprint density at radius 2 is 1.50 bits per heavy atom. The number of nitrogens with zero attached hydrogens (tertiary/aromatic N) is 2. The maximum atomic E-state index is 13.4. The number of nitrogens with one attached hydrogen (secondary N) is 2. The molecule has 2 amide bonds. The smallest absolute Gasteiger partial charge is 0.271 e. The lowest BCUT2D eigenvalue weighted by molar-refractivity contribution is -0.384. The van der Waals surface area contributed by atoms with Crippen LogP contribution in [-0.2, 0) is 9.59 Å². The Kier molecular flexibility index (Phi) is 9.16. The fourth-order valence-electron chi connectivity index (χ4n) is 3.59. The fourth-order valence-corrected chi connectivity index (χ4v) is 3.97. The first kappa shape index (κ1) is 26.8. The average Bonchev–Trinajstić information content (AvgIpc) is 2.86. The van der Waals surface area contributed by atoms with Gasteiger partial charge in [-0.15, -0.1) is 0 Å². The van der Waals surface area contributed by atoms with Crippen LogP contribution in [-0.4, -0.2) is 29.0 Å². The number of hydrazone groups is 1. The summed E-state index contributed by atoms with van der Waals surface area (Å²) in [6.07, 6.45) is 1.16. The second-order valence-electron chi connectivity index (χ2n) is 8.31. The van der Waals surface area contributed by atoms with Crippen molar-refractivity contribution in [2.75, 3.05) is 0 Å². The van der Waals surface area contributed by atoms with Crippen molar-refractivity contribution < 1.29 is 14.5 Å². The first-order chi connectivity index (χ1) is 17.2. The van der Waals surface area contributed by atoms with Crippen molar-refractivity contribution in [3.63, 3.8) is 0 Å². The molecule has 0 aliphatic heterocycles. The van der Waals surface area contributed by atoms with Gasteiger partial charge in [-0.2, -0.15) is 5.10 Å². The van der Waals surface area contributed by atoms with E-state index in [2.05, 4.69) is 15.8 Å². The summed E-state index contributed by atoms with van der Waals surface area (Å²) in [5.41, 5.74) is 3.85. The van der Waals surface area contributed by atoms with E-state index in [0.717, 1.165) is 23.4 Å². The van der Waals surface area contributed by atoms with E-state index in [0.29, 0.717) is 0 Å². The van der Waals surface area contributed by atoms with Gasteiger partial charge in [0.2, 0.25) is 5.91 Å². The molecule has 3 aromatic carbocycles. The highest BCUT2D eigenvalue weighted by Gasteiger charge is 2.29. The Hall–Kier alpha value is -3.75. The molecule has 36 heavy (non-hydrogen) atoms. The monoisotopic (exact) mass is 526 g/mol. The Labute approximate surface area is 218 Å². The van der Waals surface area contributed by atoms with E-state index >= 15 is 0 Å². The summed E-state index contributed by atoms with van der Waals surface area (Å²) in [6, 6.07) is 20.0. The minimum atomic E-state index is -0.895. The molecule has 0 fully saturated rings. The van der Waals surface area contributed by atoms with E-state index < -0.39 is 22.8 Å². The highest BCUT2D eigenvalue weighted by molar-refractivity contribution is 6.43. The number of hydrogen-bond donors (Lipinski definition) is 2. The van der Waals surface area contributed by atoms with Crippen molar-refractivity contribution in [2.45, 2.75) is 25.8 Å². The van der Waals surface area contributed by atoms with E-state index in [1.807, 2.05) is 60.7 Å². The number of hydrogen-bond acceptors (Lipinski definition) is 5. The molecule has 0 aliphatic rings. The summed E-state index contributed by atoms with van der Waals surface area (Å²) in [6.45, 7) is 3.59. The van der Waals surface area contributed by atoms with Gasteiger partial charge in [-0.1, -0.05) is 97.7 Å². The maximum Gasteiger partial charge on any atom is 0.271 e. The zero-order valence-corrected chi connectivity index (χ0v) is 21.0. The number of benzene rings is 3. The van der Waals surface area contributed by atoms with Gasteiger partial charge >= 0.3 is 0 Å². The summed E-state index contributed by atoms with van der Waals surface area (Å²) in [5, 5.41) is 17.8. The summed E-state index contributed by atoms with van der Waals surface area (Å²) in [7, 11) is 0. The zero-order valence-electron chi connectivity index (χ0n) is 19.5. The number of halogens is 2. The van der Waals surface area contributed by atoms with Crippen LogP contribution in [0, 0.1) is 16.0 Å². The van der Waals surface area contributed by atoms with Crippen LogP contribution in [0.15, 0.2) is 77.9 Å². The third-order valence-corrected chi connectivity index (χ3v) is 6.22. The molecule has 0 saturated carbocycles. The molecule has 8 nitrogen and oxygen atoms in total. The van der Waals surface area contributed by atoms with Gasteiger partial charge in [0.1, 0.15) is 6.04 Å². The van der Waals surface area contributed by atoms with Crippen LogP contribution in [0.4, 0.5) is 5.69 Å². The summed E-state index contributed by atoms with van der Waals surface area (Å²) >= 11 is 12.1. The fraction of sp³-hybridized carbons (Fsp3) is 0.192. The van der Waals surface area contributed by atoms with E-state index in [4.69, 9.17) is 23.2 Å². The zero-order chi connectivity index (χ0) is 26.2. The molecule has 3 aromatic rings. The molecular formula is C26H24Cl2N4O4. The van der Waals surface area contributed by atoms with Crippen molar-refractivity contribution in [1.29, 1.82) is 0 Å². The number of carbonyl (C=O) groups is 2. The molecule has 0 spiro atoms. The van der Waals surface area contributed by atoms with Gasteiger partial charge in [0.05, 0.1) is 27.1 Å². The molecule has 0 heterocycles. The number of rotatable bonds is 9. The molecule has 0 aliphatic carbocycles. The molecule has 1 atom stereocenters. The second-order valence-corrected chi connectivity index (χ2v) is 9.09. The van der Waals surface area contributed by atoms with Crippen LogP contribution in [0.5, 0.6) is 0 Å². The first-order valence-electron chi connectivity index (χ1n) is 11.1. The minimum absolute atomic E-state index is 0.0150. The molecule has 0 saturated heterocycles. The molecule has 0 radical (unpaired) electrons. The number of nitro groups is 1. The third kappa shape index (κ3) is 6.68. The summed E-state index contributed by atoms with van der Waals surface area (Å²) < 4.78 is 0. The van der Waals surface area contributed by atoms with E-state index in [1.54, 1.807) is 13.8 Å². The van der Waals surface area contributed by atoms with Gasteiger partial charge in [-0.25, -0.2) is 5.43 Å². The largest absolute Gasteiger partial charge is 0.343 e. The first-order valence-corrected chi connectivity index (χ1v) is 11.8. The predicted octanol–water partition coefficient (Wildman–Crippen LogP) is 5.32. The molecule has 0 bridgehead atoms. The van der Waals surface area contributed by atoms with Gasteiger partial charge in [-0.3, -0.25) is 19.7 Å². The summed E-state index contributed by atoms with van der Waals surface area (Å²) in [4.78, 5) is 36.8. The molecule has 186 valence electrons. The molecule has 10 heteroatoms. The SMILES string of the molecule is CC(C)[C@@H](NC(=O)C(c1ccccc1)c1ccccc1)C(=O)N/N=C\c1cc([N+](=O)[O-])cc(Cl)c1Cl. The van der Waals surface area contributed by atoms with Gasteiger partial charge in [0.15, 0.2) is 0 Å². The van der Waals surface area contributed by atoms with E-state index in [-0.39, 0.29) is 33.1 Å². The topological polar surface area (TPSA) is 114 Å². The van der Waals surface area contributed by atoms with Gasteiger partial charge in [0, 0.05) is 17.7 Å². The highest BCUT2D eigenvalue weighted by Crippen LogP contribution is 2.30. The van der Waals surface area contributed by atoms with Crippen LogP contribution in [0.25, 0.3) is 0 Å². The highest BCUT2D eigenvalue weighted by atomic mass is 35.5. The Bertz CT molecular complexity index is 1230. The van der Waals surface area contributed by atoms with Gasteiger partial charge in [-0.05, 0) is 17.0 Å². The lowest BCUT2D eigenvalue weighted by Gasteiger charge is -2.24. The Balaban J connectivity index is 1.79. The quantitative estimate of drug-likeness (QED) is 0.223. The van der Waals surface area contributed by atoms with Crippen LogP contribution >= 0.6 is 23.2 Å². The van der Waals surface area contributed by atoms with Crippen molar-refractivity contribution in [3.05, 3.63) is 110 Å². The number of nitro benzene ring substituents is 1. The van der Waals surface area contributed by atoms with Crippen molar-refractivity contribution in [1.82, 2.24) is 10.7 Å². The number of carbonyl (C=O) groups excluding carboxylic acids is 2.